The van der Waals surface area contributed by atoms with Crippen LogP contribution in [0, 0.1) is 13.8 Å². The fraction of sp³-hybridized carbons (Fsp3) is 0.438. The largest absolute Gasteiger partial charge is 0.358 e. The summed E-state index contributed by atoms with van der Waals surface area (Å²) in [6, 6.07) is 6.47. The number of hydrogen-bond donors (Lipinski definition) is 3. The summed E-state index contributed by atoms with van der Waals surface area (Å²) in [6.45, 7) is 8.72. The normalized spacial score (nSPS) is 11.1. The van der Waals surface area contributed by atoms with Crippen LogP contribution in [0.15, 0.2) is 18.2 Å². The van der Waals surface area contributed by atoms with E-state index in [1.165, 1.54) is 22.2 Å². The fourth-order valence-electron chi connectivity index (χ4n) is 2.43. The van der Waals surface area contributed by atoms with Crippen molar-refractivity contribution < 1.29 is 4.79 Å². The maximum Gasteiger partial charge on any atom is 0.314 e. The maximum atomic E-state index is 11.6. The van der Waals surface area contributed by atoms with Crippen LogP contribution in [0.5, 0.6) is 0 Å². The van der Waals surface area contributed by atoms with E-state index in [1.54, 1.807) is 0 Å². The Hall–Kier alpha value is -1.97. The summed E-state index contributed by atoms with van der Waals surface area (Å²) in [5.74, 6) is 0. The highest BCUT2D eigenvalue weighted by Gasteiger charge is 2.09. The second-order valence-electron chi connectivity index (χ2n) is 5.58. The van der Waals surface area contributed by atoms with Crippen LogP contribution in [0.4, 0.5) is 4.79 Å². The van der Waals surface area contributed by atoms with E-state index >= 15 is 0 Å². The first kappa shape index (κ1) is 14.4. The van der Waals surface area contributed by atoms with Gasteiger partial charge in [0.1, 0.15) is 0 Å². The van der Waals surface area contributed by atoms with Crippen molar-refractivity contribution >= 4 is 16.9 Å². The van der Waals surface area contributed by atoms with Crippen molar-refractivity contribution in [1.29, 1.82) is 0 Å². The number of benzene rings is 1. The fourth-order valence-corrected chi connectivity index (χ4v) is 2.43. The Morgan fingerprint density at radius 2 is 2.05 bits per heavy atom. The number of hydrogen-bond acceptors (Lipinski definition) is 1. The van der Waals surface area contributed by atoms with Crippen LogP contribution in [-0.4, -0.2) is 23.6 Å². The Bertz CT molecular complexity index is 613. The molecule has 2 aromatic rings. The molecule has 4 nitrogen and oxygen atoms in total. The van der Waals surface area contributed by atoms with E-state index in [9.17, 15) is 4.79 Å². The number of urea groups is 1. The first-order valence-electron chi connectivity index (χ1n) is 7.09. The Kier molecular flexibility index (Phi) is 4.32. The molecule has 0 saturated heterocycles. The third-order valence-corrected chi connectivity index (χ3v) is 3.36. The van der Waals surface area contributed by atoms with Gasteiger partial charge < -0.3 is 15.6 Å². The summed E-state index contributed by atoms with van der Waals surface area (Å²) < 4.78 is 0. The lowest BCUT2D eigenvalue weighted by Gasteiger charge is -2.10. The molecule has 2 amide bonds. The molecule has 0 radical (unpaired) electrons. The number of H-pyrrole nitrogens is 1. The molecule has 1 heterocycles. The zero-order chi connectivity index (χ0) is 14.7. The number of amides is 2. The predicted octanol–water partition coefficient (Wildman–Crippen LogP) is 3.03. The van der Waals surface area contributed by atoms with Gasteiger partial charge in [0, 0.05) is 29.2 Å². The highest BCUT2D eigenvalue weighted by Crippen LogP contribution is 2.23. The number of aromatic nitrogens is 1. The summed E-state index contributed by atoms with van der Waals surface area (Å²) in [5, 5.41) is 6.98. The van der Waals surface area contributed by atoms with Crippen molar-refractivity contribution in [2.75, 3.05) is 6.54 Å². The minimum Gasteiger partial charge on any atom is -0.358 e. The topological polar surface area (TPSA) is 56.9 Å². The van der Waals surface area contributed by atoms with Crippen LogP contribution in [-0.2, 0) is 6.42 Å². The van der Waals surface area contributed by atoms with Gasteiger partial charge in [-0.2, -0.15) is 0 Å². The summed E-state index contributed by atoms with van der Waals surface area (Å²) >= 11 is 0. The molecule has 1 aromatic heterocycles. The Morgan fingerprint density at radius 1 is 1.30 bits per heavy atom. The molecule has 3 N–H and O–H groups in total. The van der Waals surface area contributed by atoms with Gasteiger partial charge in [0.15, 0.2) is 0 Å². The van der Waals surface area contributed by atoms with Crippen molar-refractivity contribution in [3.05, 3.63) is 35.0 Å². The molecule has 0 saturated carbocycles. The average Bonchev–Trinajstić information content (AvgIpc) is 2.65. The lowest BCUT2D eigenvalue weighted by molar-refractivity contribution is 0.238. The quantitative estimate of drug-likeness (QED) is 0.788. The standard InChI is InChI=1S/C16H23N3O/c1-10(2)18-16(20)17-8-7-13-12(4)19-15-6-5-11(3)9-14(13)15/h5-6,9-10,19H,7-8H2,1-4H3,(H2,17,18,20). The molecule has 0 aliphatic rings. The minimum atomic E-state index is -0.103. The molecule has 0 atom stereocenters. The Morgan fingerprint density at radius 3 is 2.75 bits per heavy atom. The summed E-state index contributed by atoms with van der Waals surface area (Å²) in [4.78, 5) is 15.0. The lowest BCUT2D eigenvalue weighted by atomic mass is 10.1. The third-order valence-electron chi connectivity index (χ3n) is 3.36. The van der Waals surface area contributed by atoms with Gasteiger partial charge in [-0.1, -0.05) is 11.6 Å². The van der Waals surface area contributed by atoms with Crippen molar-refractivity contribution in [2.24, 2.45) is 0 Å². The molecule has 4 heteroatoms. The second kappa shape index (κ2) is 5.99. The molecule has 0 fully saturated rings. The molecule has 0 bridgehead atoms. The summed E-state index contributed by atoms with van der Waals surface area (Å²) in [6.07, 6.45) is 0.834. The van der Waals surface area contributed by atoms with E-state index in [-0.39, 0.29) is 12.1 Å². The van der Waals surface area contributed by atoms with E-state index in [1.807, 2.05) is 13.8 Å². The van der Waals surface area contributed by atoms with E-state index in [0.29, 0.717) is 6.54 Å². The zero-order valence-corrected chi connectivity index (χ0v) is 12.6. The Labute approximate surface area is 120 Å². The summed E-state index contributed by atoms with van der Waals surface area (Å²) in [5.41, 5.74) is 4.88. The molecule has 20 heavy (non-hydrogen) atoms. The smallest absolute Gasteiger partial charge is 0.314 e. The average molecular weight is 273 g/mol. The van der Waals surface area contributed by atoms with Gasteiger partial charge in [-0.05, 0) is 51.8 Å². The molecule has 0 aliphatic carbocycles. The van der Waals surface area contributed by atoms with Crippen molar-refractivity contribution in [2.45, 2.75) is 40.2 Å². The van der Waals surface area contributed by atoms with Gasteiger partial charge in [0.2, 0.25) is 0 Å². The van der Waals surface area contributed by atoms with Crippen molar-refractivity contribution in [3.63, 3.8) is 0 Å². The molecular formula is C16H23N3O. The maximum absolute atomic E-state index is 11.6. The van der Waals surface area contributed by atoms with E-state index in [0.717, 1.165) is 11.9 Å². The third kappa shape index (κ3) is 3.32. The van der Waals surface area contributed by atoms with Gasteiger partial charge in [-0.25, -0.2) is 4.79 Å². The predicted molar refractivity (Wildman–Crippen MR) is 83.1 cm³/mol. The van der Waals surface area contributed by atoms with Gasteiger partial charge >= 0.3 is 6.03 Å². The number of carbonyl (C=O) groups is 1. The highest BCUT2D eigenvalue weighted by molar-refractivity contribution is 5.85. The highest BCUT2D eigenvalue weighted by atomic mass is 16.2. The van der Waals surface area contributed by atoms with Gasteiger partial charge in [0.25, 0.3) is 0 Å². The van der Waals surface area contributed by atoms with Crippen LogP contribution < -0.4 is 10.6 Å². The number of nitrogens with one attached hydrogen (secondary N) is 3. The monoisotopic (exact) mass is 273 g/mol. The molecule has 1 aromatic carbocycles. The minimum absolute atomic E-state index is 0.103. The van der Waals surface area contributed by atoms with Gasteiger partial charge in [-0.15, -0.1) is 0 Å². The number of aryl methyl sites for hydroxylation is 2. The number of rotatable bonds is 4. The van der Waals surface area contributed by atoms with Crippen LogP contribution in [0.25, 0.3) is 10.9 Å². The Balaban J connectivity index is 2.04. The number of aromatic amines is 1. The van der Waals surface area contributed by atoms with Crippen molar-refractivity contribution in [3.8, 4) is 0 Å². The molecular weight excluding hydrogens is 250 g/mol. The number of carbonyl (C=O) groups excluding carboxylic acids is 1. The van der Waals surface area contributed by atoms with Crippen LogP contribution in [0.1, 0.15) is 30.7 Å². The van der Waals surface area contributed by atoms with E-state index in [2.05, 4.69) is 47.7 Å². The summed E-state index contributed by atoms with van der Waals surface area (Å²) in [7, 11) is 0. The van der Waals surface area contributed by atoms with Crippen LogP contribution in [0.3, 0.4) is 0 Å². The second-order valence-corrected chi connectivity index (χ2v) is 5.58. The molecule has 0 unspecified atom stereocenters. The zero-order valence-electron chi connectivity index (χ0n) is 12.6. The van der Waals surface area contributed by atoms with Gasteiger partial charge in [0.05, 0.1) is 0 Å². The first-order valence-corrected chi connectivity index (χ1v) is 7.09. The molecule has 0 aliphatic heterocycles. The molecule has 0 spiro atoms. The molecule has 108 valence electrons. The van der Waals surface area contributed by atoms with E-state index < -0.39 is 0 Å². The van der Waals surface area contributed by atoms with Gasteiger partial charge in [-0.3, -0.25) is 0 Å². The van der Waals surface area contributed by atoms with Crippen LogP contribution >= 0.6 is 0 Å². The van der Waals surface area contributed by atoms with Crippen molar-refractivity contribution in [1.82, 2.24) is 15.6 Å². The first-order chi connectivity index (χ1) is 9.47. The van der Waals surface area contributed by atoms with Crippen LogP contribution in [0.2, 0.25) is 0 Å². The van der Waals surface area contributed by atoms with E-state index in [4.69, 9.17) is 0 Å². The number of fused-ring (bicyclic) bond motifs is 1. The molecule has 2 rings (SSSR count). The SMILES string of the molecule is Cc1ccc2[nH]c(C)c(CCNC(=O)NC(C)C)c2c1. The lowest BCUT2D eigenvalue weighted by Crippen LogP contribution is -2.40.